The van der Waals surface area contributed by atoms with Gasteiger partial charge in [-0.25, -0.2) is 0 Å². The van der Waals surface area contributed by atoms with Crippen molar-refractivity contribution in [3.8, 4) is 0 Å². The van der Waals surface area contributed by atoms with Gasteiger partial charge in [-0.15, -0.1) is 0 Å². The van der Waals surface area contributed by atoms with Gasteiger partial charge in [0.25, 0.3) is 0 Å². The molecule has 0 N–H and O–H groups in total. The molecule has 1 aliphatic carbocycles. The summed E-state index contributed by atoms with van der Waals surface area (Å²) in [6, 6.07) is 0. The van der Waals surface area contributed by atoms with E-state index in [2.05, 4.69) is 32.8 Å². The first-order valence-electron chi connectivity index (χ1n) is 5.27. The van der Waals surface area contributed by atoms with Gasteiger partial charge < -0.3 is 4.90 Å². The molecule has 1 nitrogen and oxygen atoms in total. The fraction of sp³-hybridized carbons (Fsp3) is 1.00. The SMILES string of the molecule is C1CCCC1.CC(C)CN(C)C. The highest BCUT2D eigenvalue weighted by Gasteiger charge is 1.95. The molecule has 0 aromatic heterocycles. The van der Waals surface area contributed by atoms with Gasteiger partial charge in [0.15, 0.2) is 0 Å². The zero-order valence-electron chi connectivity index (χ0n) is 9.27. The molecule has 1 fully saturated rings. The van der Waals surface area contributed by atoms with Crippen LogP contribution in [0.15, 0.2) is 0 Å². The van der Waals surface area contributed by atoms with Crippen LogP contribution in [0.4, 0.5) is 0 Å². The smallest absolute Gasteiger partial charge is 0.000172 e. The van der Waals surface area contributed by atoms with Crippen molar-refractivity contribution in [3.05, 3.63) is 0 Å². The maximum absolute atomic E-state index is 2.22. The van der Waals surface area contributed by atoms with Crippen LogP contribution >= 0.6 is 0 Å². The second kappa shape index (κ2) is 7.60. The van der Waals surface area contributed by atoms with E-state index >= 15 is 0 Å². The van der Waals surface area contributed by atoms with E-state index in [1.165, 1.54) is 38.6 Å². The molecule has 1 aliphatic rings. The summed E-state index contributed by atoms with van der Waals surface area (Å²) in [5, 5.41) is 0. The van der Waals surface area contributed by atoms with E-state index in [1.54, 1.807) is 0 Å². The summed E-state index contributed by atoms with van der Waals surface area (Å²) in [5.41, 5.74) is 0. The Labute approximate surface area is 78.1 Å². The number of rotatable bonds is 2. The van der Waals surface area contributed by atoms with Crippen LogP contribution in [0.3, 0.4) is 0 Å². The first-order chi connectivity index (χ1) is 5.63. The molecule has 0 aromatic carbocycles. The number of hydrogen-bond donors (Lipinski definition) is 0. The molecule has 1 rings (SSSR count). The molecule has 0 spiro atoms. The van der Waals surface area contributed by atoms with Crippen molar-refractivity contribution < 1.29 is 0 Å². The molecular formula is C11H25N. The molecule has 74 valence electrons. The Morgan fingerprint density at radius 2 is 1.25 bits per heavy atom. The Morgan fingerprint density at radius 1 is 0.917 bits per heavy atom. The third kappa shape index (κ3) is 9.96. The van der Waals surface area contributed by atoms with Crippen LogP contribution in [0.5, 0.6) is 0 Å². The van der Waals surface area contributed by atoms with Crippen LogP contribution in [0.25, 0.3) is 0 Å². The number of nitrogens with zero attached hydrogens (tertiary/aromatic N) is 1. The Bertz CT molecular complexity index is 69.4. The van der Waals surface area contributed by atoms with Crippen LogP contribution in [0, 0.1) is 5.92 Å². The lowest BCUT2D eigenvalue weighted by atomic mass is 10.2. The van der Waals surface area contributed by atoms with Gasteiger partial charge in [-0.3, -0.25) is 0 Å². The summed E-state index contributed by atoms with van der Waals surface area (Å²) in [6.07, 6.45) is 7.50. The second-order valence-corrected chi connectivity index (χ2v) is 4.42. The van der Waals surface area contributed by atoms with Crippen molar-refractivity contribution in [3.63, 3.8) is 0 Å². The van der Waals surface area contributed by atoms with Crippen LogP contribution in [0.1, 0.15) is 46.0 Å². The maximum atomic E-state index is 2.22. The van der Waals surface area contributed by atoms with E-state index in [0.717, 1.165) is 5.92 Å². The Kier molecular flexibility index (Phi) is 7.58. The van der Waals surface area contributed by atoms with Gasteiger partial charge in [-0.05, 0) is 26.6 Å². The van der Waals surface area contributed by atoms with Crippen LogP contribution in [-0.2, 0) is 0 Å². The van der Waals surface area contributed by atoms with Crippen molar-refractivity contribution in [2.45, 2.75) is 46.0 Å². The Morgan fingerprint density at radius 3 is 1.33 bits per heavy atom. The summed E-state index contributed by atoms with van der Waals surface area (Å²) in [5.74, 6) is 0.801. The Hall–Kier alpha value is -0.0400. The van der Waals surface area contributed by atoms with Gasteiger partial charge in [-0.2, -0.15) is 0 Å². The highest BCUT2D eigenvalue weighted by Crippen LogP contribution is 2.15. The molecule has 0 aliphatic heterocycles. The van der Waals surface area contributed by atoms with E-state index in [4.69, 9.17) is 0 Å². The van der Waals surface area contributed by atoms with Gasteiger partial charge in [0.05, 0.1) is 0 Å². The van der Waals surface area contributed by atoms with E-state index in [1.807, 2.05) is 0 Å². The third-order valence-corrected chi connectivity index (χ3v) is 1.98. The minimum Gasteiger partial charge on any atom is -0.309 e. The first-order valence-corrected chi connectivity index (χ1v) is 5.27. The molecule has 12 heavy (non-hydrogen) atoms. The highest BCUT2D eigenvalue weighted by atomic mass is 15.0. The van der Waals surface area contributed by atoms with Crippen LogP contribution in [-0.4, -0.2) is 25.5 Å². The van der Waals surface area contributed by atoms with Crippen LogP contribution < -0.4 is 0 Å². The first kappa shape index (κ1) is 12.0. The van der Waals surface area contributed by atoms with Crippen LogP contribution in [0.2, 0.25) is 0 Å². The highest BCUT2D eigenvalue weighted by molar-refractivity contribution is 4.51. The van der Waals surface area contributed by atoms with E-state index in [-0.39, 0.29) is 0 Å². The summed E-state index contributed by atoms with van der Waals surface area (Å²) < 4.78 is 0. The lowest BCUT2D eigenvalue weighted by Crippen LogP contribution is -2.17. The van der Waals surface area contributed by atoms with E-state index in [9.17, 15) is 0 Å². The van der Waals surface area contributed by atoms with Crippen molar-refractivity contribution in [2.24, 2.45) is 5.92 Å². The molecular weight excluding hydrogens is 146 g/mol. The van der Waals surface area contributed by atoms with Crippen molar-refractivity contribution >= 4 is 0 Å². The van der Waals surface area contributed by atoms with Gasteiger partial charge in [0.1, 0.15) is 0 Å². The average molecular weight is 171 g/mol. The minimum atomic E-state index is 0.801. The summed E-state index contributed by atoms with van der Waals surface area (Å²) in [6.45, 7) is 5.64. The van der Waals surface area contributed by atoms with E-state index < -0.39 is 0 Å². The lowest BCUT2D eigenvalue weighted by molar-refractivity contribution is 0.354. The normalized spacial score (nSPS) is 16.5. The third-order valence-electron chi connectivity index (χ3n) is 1.98. The minimum absolute atomic E-state index is 0.801. The van der Waals surface area contributed by atoms with Gasteiger partial charge in [0, 0.05) is 0 Å². The molecule has 0 aromatic rings. The quantitative estimate of drug-likeness (QED) is 0.617. The molecule has 0 amide bonds. The zero-order valence-corrected chi connectivity index (χ0v) is 9.27. The standard InChI is InChI=1S/C6H15N.C5H10/c1-6(2)5-7(3)4;1-2-4-5-3-1/h6H,5H2,1-4H3;1-5H2. The van der Waals surface area contributed by atoms with Gasteiger partial charge in [0.2, 0.25) is 0 Å². The summed E-state index contributed by atoms with van der Waals surface area (Å²) in [4.78, 5) is 2.20. The average Bonchev–Trinajstić information content (AvgIpc) is 2.36. The number of hydrogen-bond acceptors (Lipinski definition) is 1. The molecule has 0 radical (unpaired) electrons. The predicted octanol–water partition coefficient (Wildman–Crippen LogP) is 3.15. The van der Waals surface area contributed by atoms with Crippen molar-refractivity contribution in [1.82, 2.24) is 4.90 Å². The predicted molar refractivity (Wildman–Crippen MR) is 56.5 cm³/mol. The van der Waals surface area contributed by atoms with E-state index in [0.29, 0.717) is 0 Å². The van der Waals surface area contributed by atoms with Gasteiger partial charge in [-0.1, -0.05) is 46.0 Å². The van der Waals surface area contributed by atoms with Crippen molar-refractivity contribution in [2.75, 3.05) is 20.6 Å². The molecule has 1 heteroatoms. The van der Waals surface area contributed by atoms with Crippen molar-refractivity contribution in [1.29, 1.82) is 0 Å². The molecule has 0 saturated heterocycles. The lowest BCUT2D eigenvalue weighted by Gasteiger charge is -2.10. The fourth-order valence-electron chi connectivity index (χ4n) is 1.61. The summed E-state index contributed by atoms with van der Waals surface area (Å²) >= 11 is 0. The monoisotopic (exact) mass is 171 g/mol. The van der Waals surface area contributed by atoms with Gasteiger partial charge >= 0.3 is 0 Å². The zero-order chi connectivity index (χ0) is 9.40. The molecule has 0 atom stereocenters. The largest absolute Gasteiger partial charge is 0.309 e. The maximum Gasteiger partial charge on any atom is -0.000172 e. The summed E-state index contributed by atoms with van der Waals surface area (Å²) in [7, 11) is 4.19. The molecule has 0 unspecified atom stereocenters. The molecule has 0 bridgehead atoms. The fourth-order valence-corrected chi connectivity index (χ4v) is 1.61. The topological polar surface area (TPSA) is 3.24 Å². The molecule has 0 heterocycles. The Balaban J connectivity index is 0.000000211. The second-order valence-electron chi connectivity index (χ2n) is 4.42. The molecule has 1 saturated carbocycles.